The van der Waals surface area contributed by atoms with Gasteiger partial charge in [0.1, 0.15) is 0 Å². The van der Waals surface area contributed by atoms with Gasteiger partial charge in [0, 0.05) is 33.0 Å². The van der Waals surface area contributed by atoms with E-state index in [0.717, 1.165) is 22.6 Å². The number of hydrogen-bond acceptors (Lipinski definition) is 2. The maximum absolute atomic E-state index is 4.81. The second-order valence-electron chi connectivity index (χ2n) is 10.9. The average Bonchev–Trinajstić information content (AvgIpc) is 3.66. The minimum atomic E-state index is -0.0595. The second kappa shape index (κ2) is 8.02. The molecule has 0 aliphatic heterocycles. The Morgan fingerprint density at radius 3 is 2.28 bits per heavy atom. The van der Waals surface area contributed by atoms with Crippen LogP contribution in [-0.2, 0) is 5.41 Å². The summed E-state index contributed by atoms with van der Waals surface area (Å²) in [5.74, 6) is 1.46. The topological polar surface area (TPSA) is 46.5 Å². The quantitative estimate of drug-likeness (QED) is 0.263. The number of hydrogen-bond donors (Lipinski definition) is 1. The molecule has 5 aromatic carbocycles. The van der Waals surface area contributed by atoms with Crippen molar-refractivity contribution in [2.75, 3.05) is 0 Å². The Balaban J connectivity index is 1.34. The molecule has 0 unspecified atom stereocenters. The van der Waals surface area contributed by atoms with E-state index in [9.17, 15) is 0 Å². The van der Waals surface area contributed by atoms with Crippen LogP contribution in [0.25, 0.3) is 61.4 Å². The van der Waals surface area contributed by atoms with Gasteiger partial charge in [0.15, 0.2) is 11.6 Å². The Hall–Kier alpha value is -4.96. The zero-order valence-electron chi connectivity index (χ0n) is 21.8. The molecule has 39 heavy (non-hydrogen) atoms. The summed E-state index contributed by atoms with van der Waals surface area (Å²) in [6.45, 7) is 4.68. The van der Waals surface area contributed by atoms with Gasteiger partial charge < -0.3 is 4.57 Å². The molecule has 0 spiro atoms. The number of fused-ring (bicyclic) bond motifs is 6. The molecule has 8 rings (SSSR count). The first-order valence-corrected chi connectivity index (χ1v) is 13.4. The van der Waals surface area contributed by atoms with E-state index < -0.39 is 0 Å². The van der Waals surface area contributed by atoms with Gasteiger partial charge >= 0.3 is 0 Å². The lowest BCUT2D eigenvalue weighted by atomic mass is 9.82. The molecule has 4 nitrogen and oxygen atoms in total. The molecule has 0 amide bonds. The van der Waals surface area contributed by atoms with Crippen LogP contribution in [0.3, 0.4) is 0 Å². The highest BCUT2D eigenvalue weighted by Crippen LogP contribution is 2.50. The predicted molar refractivity (Wildman–Crippen MR) is 159 cm³/mol. The summed E-state index contributed by atoms with van der Waals surface area (Å²) in [6, 6.07) is 41.0. The maximum atomic E-state index is 4.81. The predicted octanol–water partition coefficient (Wildman–Crippen LogP) is 8.54. The average molecular weight is 503 g/mol. The van der Waals surface area contributed by atoms with Gasteiger partial charge in [-0.15, -0.1) is 0 Å². The van der Waals surface area contributed by atoms with Gasteiger partial charge in [-0.3, -0.25) is 5.10 Å². The van der Waals surface area contributed by atoms with Crippen molar-refractivity contribution < 1.29 is 0 Å². The summed E-state index contributed by atoms with van der Waals surface area (Å²) in [7, 11) is 0. The highest BCUT2D eigenvalue weighted by Gasteiger charge is 2.36. The minimum absolute atomic E-state index is 0.0595. The highest BCUT2D eigenvalue weighted by molar-refractivity contribution is 6.11. The lowest BCUT2D eigenvalue weighted by Gasteiger charge is -2.21. The zero-order chi connectivity index (χ0) is 26.1. The number of nitrogens with one attached hydrogen (secondary N) is 1. The molecular weight excluding hydrogens is 476 g/mol. The zero-order valence-corrected chi connectivity index (χ0v) is 21.8. The number of H-pyrrole nitrogens is 1. The molecule has 0 bridgehead atoms. The first kappa shape index (κ1) is 22.1. The Labute approximate surface area is 226 Å². The summed E-state index contributed by atoms with van der Waals surface area (Å²) in [5, 5.41) is 10.2. The fourth-order valence-electron chi connectivity index (χ4n) is 6.34. The monoisotopic (exact) mass is 502 g/mol. The number of para-hydroxylation sites is 1. The van der Waals surface area contributed by atoms with Crippen LogP contribution in [0.1, 0.15) is 25.0 Å². The number of nitrogens with zero attached hydrogens (tertiary/aromatic N) is 3. The summed E-state index contributed by atoms with van der Waals surface area (Å²) in [4.78, 5) is 4.81. The fourth-order valence-corrected chi connectivity index (χ4v) is 6.34. The Kier molecular flexibility index (Phi) is 4.54. The van der Waals surface area contributed by atoms with E-state index in [1.807, 2.05) is 30.3 Å². The van der Waals surface area contributed by atoms with E-state index in [0.29, 0.717) is 5.82 Å². The standard InChI is InChI=1S/C35H26N4/c1-35(2)29-17-8-6-15-25(29)27-20-28-26-16-7-9-18-31(26)39(32(28)21-30(27)35)24-14-10-13-23(19-24)34-36-33(37-38-34)22-11-4-3-5-12-22/h3-21H,1-2H3,(H,36,37,38). The fraction of sp³-hybridized carbons (Fsp3) is 0.0857. The van der Waals surface area contributed by atoms with Crippen LogP contribution in [0.5, 0.6) is 0 Å². The van der Waals surface area contributed by atoms with E-state index in [4.69, 9.17) is 4.98 Å². The molecule has 0 saturated heterocycles. The largest absolute Gasteiger partial charge is 0.309 e. The highest BCUT2D eigenvalue weighted by atomic mass is 15.2. The van der Waals surface area contributed by atoms with Crippen molar-refractivity contribution in [3.63, 3.8) is 0 Å². The van der Waals surface area contributed by atoms with Gasteiger partial charge in [0.25, 0.3) is 0 Å². The third-order valence-electron chi connectivity index (χ3n) is 8.27. The minimum Gasteiger partial charge on any atom is -0.309 e. The molecule has 0 fully saturated rings. The lowest BCUT2D eigenvalue weighted by molar-refractivity contribution is 0.661. The molecule has 1 N–H and O–H groups in total. The molecular formula is C35H26N4. The molecule has 1 aliphatic carbocycles. The molecule has 0 saturated carbocycles. The van der Waals surface area contributed by atoms with Gasteiger partial charge in [0.05, 0.1) is 11.0 Å². The van der Waals surface area contributed by atoms with E-state index in [1.54, 1.807) is 0 Å². The molecule has 7 aromatic rings. The molecule has 0 radical (unpaired) electrons. The van der Waals surface area contributed by atoms with Crippen molar-refractivity contribution in [2.24, 2.45) is 0 Å². The molecule has 2 aromatic heterocycles. The SMILES string of the molecule is CC1(C)c2ccccc2-c2cc3c4ccccc4n(-c4cccc(-c5n[nH]c(-c6ccccc6)n5)c4)c3cc21. The van der Waals surface area contributed by atoms with Crippen molar-refractivity contribution in [1.82, 2.24) is 19.7 Å². The Morgan fingerprint density at radius 2 is 1.38 bits per heavy atom. The Bertz CT molecular complexity index is 2040. The van der Waals surface area contributed by atoms with Gasteiger partial charge in [-0.1, -0.05) is 98.8 Å². The van der Waals surface area contributed by atoms with Crippen molar-refractivity contribution >= 4 is 21.8 Å². The van der Waals surface area contributed by atoms with Crippen molar-refractivity contribution in [3.05, 3.63) is 126 Å². The molecule has 186 valence electrons. The maximum Gasteiger partial charge on any atom is 0.181 e. The van der Waals surface area contributed by atoms with Gasteiger partial charge in [0.2, 0.25) is 0 Å². The summed E-state index contributed by atoms with van der Waals surface area (Å²) < 4.78 is 2.39. The normalized spacial score (nSPS) is 13.6. The van der Waals surface area contributed by atoms with E-state index in [1.165, 1.54) is 44.1 Å². The van der Waals surface area contributed by atoms with Crippen LogP contribution in [0.15, 0.2) is 115 Å². The molecule has 4 heteroatoms. The van der Waals surface area contributed by atoms with Crippen LogP contribution < -0.4 is 0 Å². The van der Waals surface area contributed by atoms with Crippen LogP contribution in [0.4, 0.5) is 0 Å². The van der Waals surface area contributed by atoms with Crippen molar-refractivity contribution in [2.45, 2.75) is 19.3 Å². The number of benzene rings is 5. The Morgan fingerprint density at radius 1 is 0.615 bits per heavy atom. The van der Waals surface area contributed by atoms with Crippen LogP contribution in [0, 0.1) is 0 Å². The lowest BCUT2D eigenvalue weighted by Crippen LogP contribution is -2.14. The van der Waals surface area contributed by atoms with E-state index in [-0.39, 0.29) is 5.41 Å². The van der Waals surface area contributed by atoms with E-state index in [2.05, 4.69) is 114 Å². The molecule has 1 aliphatic rings. The van der Waals surface area contributed by atoms with Crippen LogP contribution >= 0.6 is 0 Å². The summed E-state index contributed by atoms with van der Waals surface area (Å²) in [6.07, 6.45) is 0. The second-order valence-corrected chi connectivity index (χ2v) is 10.9. The number of aromatic amines is 1. The van der Waals surface area contributed by atoms with Crippen LogP contribution in [-0.4, -0.2) is 19.7 Å². The van der Waals surface area contributed by atoms with Crippen molar-refractivity contribution in [1.29, 1.82) is 0 Å². The molecule has 2 heterocycles. The van der Waals surface area contributed by atoms with Gasteiger partial charge in [-0.25, -0.2) is 4.98 Å². The number of aromatic nitrogens is 4. The van der Waals surface area contributed by atoms with E-state index >= 15 is 0 Å². The smallest absolute Gasteiger partial charge is 0.181 e. The van der Waals surface area contributed by atoms with Gasteiger partial charge in [-0.05, 0) is 52.6 Å². The first-order valence-electron chi connectivity index (χ1n) is 13.4. The molecule has 0 atom stereocenters. The first-order chi connectivity index (χ1) is 19.1. The summed E-state index contributed by atoms with van der Waals surface area (Å²) in [5.41, 5.74) is 10.9. The van der Waals surface area contributed by atoms with Crippen LogP contribution in [0.2, 0.25) is 0 Å². The van der Waals surface area contributed by atoms with Crippen molar-refractivity contribution in [3.8, 4) is 39.6 Å². The summed E-state index contributed by atoms with van der Waals surface area (Å²) >= 11 is 0. The van der Waals surface area contributed by atoms with Gasteiger partial charge in [-0.2, -0.15) is 5.10 Å². The number of rotatable bonds is 3. The third-order valence-corrected chi connectivity index (χ3v) is 8.27. The third kappa shape index (κ3) is 3.18.